The van der Waals surface area contributed by atoms with Gasteiger partial charge >= 0.3 is 12.0 Å². The molecule has 20 heavy (non-hydrogen) atoms. The largest absolute Gasteiger partial charge is 0.480 e. The zero-order valence-electron chi connectivity index (χ0n) is 12.1. The van der Waals surface area contributed by atoms with Crippen molar-refractivity contribution in [2.45, 2.75) is 26.8 Å². The van der Waals surface area contributed by atoms with Gasteiger partial charge in [0.15, 0.2) is 0 Å². The maximum atomic E-state index is 11.8. The number of hydrogen-bond donors (Lipinski definition) is 3. The molecular formula is C12H23N3O5. The number of amides is 3. The molecule has 0 saturated carbocycles. The molecule has 0 fully saturated rings. The summed E-state index contributed by atoms with van der Waals surface area (Å²) < 4.78 is 4.78. The fraction of sp³-hybridized carbons (Fsp3) is 0.750. The lowest BCUT2D eigenvalue weighted by Gasteiger charge is -2.21. The fourth-order valence-corrected chi connectivity index (χ4v) is 1.37. The summed E-state index contributed by atoms with van der Waals surface area (Å²) in [6.07, 6.45) is 0. The number of carbonyl (C=O) groups excluding carboxylic acids is 2. The zero-order valence-corrected chi connectivity index (χ0v) is 12.1. The van der Waals surface area contributed by atoms with E-state index in [0.717, 1.165) is 0 Å². The lowest BCUT2D eigenvalue weighted by molar-refractivity contribution is -0.142. The standard InChI is InChI=1S/C12H23N3O5/c1-4-15(7-10(16)14-9(2)3)12(19)13-5-6-20-8-11(17)18/h9H,4-8H2,1-3H3,(H,13,19)(H,14,16)(H,17,18). The maximum Gasteiger partial charge on any atom is 0.329 e. The van der Waals surface area contributed by atoms with Crippen LogP contribution in [0.25, 0.3) is 0 Å². The van der Waals surface area contributed by atoms with Crippen LogP contribution in [0.2, 0.25) is 0 Å². The second-order valence-electron chi connectivity index (χ2n) is 4.41. The highest BCUT2D eigenvalue weighted by atomic mass is 16.5. The molecule has 0 radical (unpaired) electrons. The molecule has 0 aliphatic heterocycles. The van der Waals surface area contributed by atoms with E-state index in [4.69, 9.17) is 9.84 Å². The minimum absolute atomic E-state index is 0.0174. The van der Waals surface area contributed by atoms with Crippen molar-refractivity contribution in [2.24, 2.45) is 0 Å². The van der Waals surface area contributed by atoms with E-state index in [0.29, 0.717) is 6.54 Å². The van der Waals surface area contributed by atoms with Crippen LogP contribution in [0, 0.1) is 0 Å². The van der Waals surface area contributed by atoms with Crippen molar-refractivity contribution >= 4 is 17.9 Å². The third-order valence-corrected chi connectivity index (χ3v) is 2.20. The Morgan fingerprint density at radius 1 is 1.30 bits per heavy atom. The van der Waals surface area contributed by atoms with Crippen LogP contribution < -0.4 is 10.6 Å². The van der Waals surface area contributed by atoms with Crippen molar-refractivity contribution in [1.29, 1.82) is 0 Å². The first-order valence-electron chi connectivity index (χ1n) is 6.48. The molecule has 0 atom stereocenters. The summed E-state index contributed by atoms with van der Waals surface area (Å²) in [7, 11) is 0. The molecule has 3 N–H and O–H groups in total. The van der Waals surface area contributed by atoms with E-state index in [2.05, 4.69) is 10.6 Å². The highest BCUT2D eigenvalue weighted by Crippen LogP contribution is 1.90. The van der Waals surface area contributed by atoms with Crippen LogP contribution >= 0.6 is 0 Å². The molecule has 0 aromatic rings. The fourth-order valence-electron chi connectivity index (χ4n) is 1.37. The molecular weight excluding hydrogens is 266 g/mol. The van der Waals surface area contributed by atoms with E-state index in [1.54, 1.807) is 6.92 Å². The van der Waals surface area contributed by atoms with Gasteiger partial charge in [0.2, 0.25) is 5.91 Å². The SMILES string of the molecule is CCN(CC(=O)NC(C)C)C(=O)NCCOCC(=O)O. The number of carbonyl (C=O) groups is 3. The predicted molar refractivity (Wildman–Crippen MR) is 72.4 cm³/mol. The van der Waals surface area contributed by atoms with Crippen LogP contribution in [0.4, 0.5) is 4.79 Å². The van der Waals surface area contributed by atoms with Gasteiger partial charge in [0.05, 0.1) is 6.61 Å². The van der Waals surface area contributed by atoms with Gasteiger partial charge in [-0.2, -0.15) is 0 Å². The number of likely N-dealkylation sites (N-methyl/N-ethyl adjacent to an activating group) is 1. The molecule has 0 aromatic carbocycles. The average molecular weight is 289 g/mol. The first-order valence-corrected chi connectivity index (χ1v) is 6.48. The van der Waals surface area contributed by atoms with Crippen molar-refractivity contribution in [2.75, 3.05) is 32.8 Å². The molecule has 0 spiro atoms. The summed E-state index contributed by atoms with van der Waals surface area (Å²) in [5.74, 6) is -1.28. The number of carboxylic acids is 1. The van der Waals surface area contributed by atoms with Crippen molar-refractivity contribution < 1.29 is 24.2 Å². The smallest absolute Gasteiger partial charge is 0.329 e. The monoisotopic (exact) mass is 289 g/mol. The van der Waals surface area contributed by atoms with Crippen LogP contribution in [0.1, 0.15) is 20.8 Å². The van der Waals surface area contributed by atoms with E-state index in [1.807, 2.05) is 13.8 Å². The minimum atomic E-state index is -1.06. The molecule has 0 unspecified atom stereocenters. The zero-order chi connectivity index (χ0) is 15.5. The highest BCUT2D eigenvalue weighted by molar-refractivity contribution is 5.84. The van der Waals surface area contributed by atoms with Gasteiger partial charge in [-0.1, -0.05) is 0 Å². The summed E-state index contributed by atoms with van der Waals surface area (Å²) in [6, 6.07) is -0.362. The molecule has 0 rings (SSSR count). The number of urea groups is 1. The minimum Gasteiger partial charge on any atom is -0.480 e. The average Bonchev–Trinajstić information content (AvgIpc) is 2.33. The first kappa shape index (κ1) is 18.2. The molecule has 0 saturated heterocycles. The molecule has 8 heteroatoms. The molecule has 8 nitrogen and oxygen atoms in total. The predicted octanol–water partition coefficient (Wildman–Crippen LogP) is -0.356. The molecule has 0 heterocycles. The summed E-state index contributed by atoms with van der Waals surface area (Å²) in [6.45, 7) is 5.72. The van der Waals surface area contributed by atoms with Gasteiger partial charge in [-0.15, -0.1) is 0 Å². The lowest BCUT2D eigenvalue weighted by Crippen LogP contribution is -2.47. The normalized spacial score (nSPS) is 10.2. The molecule has 0 aliphatic carbocycles. The van der Waals surface area contributed by atoms with Crippen molar-refractivity contribution in [1.82, 2.24) is 15.5 Å². The van der Waals surface area contributed by atoms with Gasteiger partial charge in [-0.3, -0.25) is 4.79 Å². The number of nitrogens with zero attached hydrogens (tertiary/aromatic N) is 1. The Bertz CT molecular complexity index is 333. The van der Waals surface area contributed by atoms with E-state index in [-0.39, 0.29) is 37.7 Å². The Kier molecular flexibility index (Phi) is 9.10. The lowest BCUT2D eigenvalue weighted by atomic mass is 10.4. The van der Waals surface area contributed by atoms with Gasteiger partial charge in [-0.05, 0) is 20.8 Å². The Labute approximate surface area is 118 Å². The van der Waals surface area contributed by atoms with Crippen LogP contribution in [-0.2, 0) is 14.3 Å². The number of hydrogen-bond acceptors (Lipinski definition) is 4. The Hall–Kier alpha value is -1.83. The van der Waals surface area contributed by atoms with Gasteiger partial charge in [0.1, 0.15) is 13.2 Å². The first-order chi connectivity index (χ1) is 9.36. The molecule has 3 amide bonds. The number of rotatable bonds is 9. The van der Waals surface area contributed by atoms with Gasteiger partial charge in [0, 0.05) is 19.1 Å². The summed E-state index contributed by atoms with van der Waals surface area (Å²) in [4.78, 5) is 34.9. The second-order valence-corrected chi connectivity index (χ2v) is 4.41. The van der Waals surface area contributed by atoms with Gasteiger partial charge in [0.25, 0.3) is 0 Å². The number of nitrogens with one attached hydrogen (secondary N) is 2. The second kappa shape index (κ2) is 10.0. The number of carboxylic acid groups (broad SMARTS) is 1. The summed E-state index contributed by atoms with van der Waals surface area (Å²) >= 11 is 0. The highest BCUT2D eigenvalue weighted by Gasteiger charge is 2.15. The Balaban J connectivity index is 3.96. The quantitative estimate of drug-likeness (QED) is 0.503. The van der Waals surface area contributed by atoms with E-state index < -0.39 is 12.6 Å². The third kappa shape index (κ3) is 9.15. The van der Waals surface area contributed by atoms with Crippen molar-refractivity contribution in [3.05, 3.63) is 0 Å². The van der Waals surface area contributed by atoms with Crippen LogP contribution in [-0.4, -0.2) is 66.8 Å². The van der Waals surface area contributed by atoms with E-state index in [1.165, 1.54) is 4.90 Å². The van der Waals surface area contributed by atoms with E-state index >= 15 is 0 Å². The van der Waals surface area contributed by atoms with Crippen LogP contribution in [0.15, 0.2) is 0 Å². The van der Waals surface area contributed by atoms with Crippen molar-refractivity contribution in [3.63, 3.8) is 0 Å². The Morgan fingerprint density at radius 3 is 2.45 bits per heavy atom. The third-order valence-electron chi connectivity index (χ3n) is 2.20. The molecule has 116 valence electrons. The molecule has 0 aliphatic rings. The topological polar surface area (TPSA) is 108 Å². The molecule has 0 bridgehead atoms. The van der Waals surface area contributed by atoms with E-state index in [9.17, 15) is 14.4 Å². The molecule has 0 aromatic heterocycles. The maximum absolute atomic E-state index is 11.8. The number of aliphatic carboxylic acids is 1. The van der Waals surface area contributed by atoms with Crippen LogP contribution in [0.3, 0.4) is 0 Å². The summed E-state index contributed by atoms with van der Waals surface area (Å²) in [5, 5.41) is 13.6. The van der Waals surface area contributed by atoms with Gasteiger partial charge < -0.3 is 25.4 Å². The van der Waals surface area contributed by atoms with Gasteiger partial charge in [-0.25, -0.2) is 9.59 Å². The summed E-state index contributed by atoms with van der Waals surface area (Å²) in [5.41, 5.74) is 0. The Morgan fingerprint density at radius 2 is 1.95 bits per heavy atom. The van der Waals surface area contributed by atoms with Crippen LogP contribution in [0.5, 0.6) is 0 Å². The van der Waals surface area contributed by atoms with Crippen molar-refractivity contribution in [3.8, 4) is 0 Å². The number of ether oxygens (including phenoxy) is 1.